The van der Waals surface area contributed by atoms with Crippen LogP contribution in [-0.2, 0) is 6.42 Å². The first-order valence-corrected chi connectivity index (χ1v) is 2.63. The maximum absolute atomic E-state index is 12.4. The summed E-state index contributed by atoms with van der Waals surface area (Å²) in [6, 6.07) is 0. The van der Waals surface area contributed by atoms with Gasteiger partial charge in [-0.05, 0) is 0 Å². The van der Waals surface area contributed by atoms with Crippen LogP contribution in [0, 0.1) is 5.82 Å². The first-order chi connectivity index (χ1) is 4.34. The number of nitrogens with zero attached hydrogens (tertiary/aromatic N) is 1. The van der Waals surface area contributed by atoms with Crippen molar-refractivity contribution < 1.29 is 4.39 Å². The number of halogens is 1. The van der Waals surface area contributed by atoms with Crippen molar-refractivity contribution in [3.63, 3.8) is 0 Å². The van der Waals surface area contributed by atoms with Gasteiger partial charge in [-0.25, -0.2) is 4.39 Å². The second-order valence-electron chi connectivity index (χ2n) is 1.67. The molecule has 48 valence electrons. The number of allylic oxidation sites excluding steroid dienone is 1. The second kappa shape index (κ2) is 2.44. The lowest BCUT2D eigenvalue weighted by Gasteiger charge is -1.83. The van der Waals surface area contributed by atoms with Crippen LogP contribution in [0.25, 0.3) is 0 Å². The van der Waals surface area contributed by atoms with Crippen LogP contribution >= 0.6 is 0 Å². The topological polar surface area (TPSA) is 28.7 Å². The van der Waals surface area contributed by atoms with Crippen LogP contribution in [0.2, 0.25) is 0 Å². The van der Waals surface area contributed by atoms with Gasteiger partial charge in [0.25, 0.3) is 0 Å². The average Bonchev–Trinajstić information content (AvgIpc) is 2.18. The zero-order valence-electron chi connectivity index (χ0n) is 4.89. The minimum Gasteiger partial charge on any atom is -0.282 e. The van der Waals surface area contributed by atoms with Gasteiger partial charge in [0.15, 0.2) is 5.82 Å². The number of hydrogen-bond donors (Lipinski definition) is 1. The lowest BCUT2D eigenvalue weighted by Crippen LogP contribution is -1.83. The third-order valence-electron chi connectivity index (χ3n) is 1.00. The van der Waals surface area contributed by atoms with E-state index in [0.717, 1.165) is 0 Å². The number of aromatic nitrogens is 2. The molecule has 0 aliphatic carbocycles. The fraction of sp³-hybridized carbons (Fsp3) is 0.167. The van der Waals surface area contributed by atoms with Crippen LogP contribution in [0.15, 0.2) is 18.9 Å². The number of aromatic amines is 1. The molecule has 0 unspecified atom stereocenters. The number of nitrogens with one attached hydrogen (secondary N) is 1. The molecule has 0 saturated carbocycles. The van der Waals surface area contributed by atoms with Crippen molar-refractivity contribution >= 4 is 0 Å². The molecular formula is C6H7FN2. The maximum atomic E-state index is 12.4. The fourth-order valence-corrected chi connectivity index (χ4v) is 0.583. The Morgan fingerprint density at radius 1 is 1.89 bits per heavy atom. The molecule has 0 atom stereocenters. The van der Waals surface area contributed by atoms with Gasteiger partial charge >= 0.3 is 0 Å². The molecule has 1 rings (SSSR count). The molecule has 1 heterocycles. The van der Waals surface area contributed by atoms with Crippen LogP contribution in [0.4, 0.5) is 4.39 Å². The molecule has 1 aromatic heterocycles. The summed E-state index contributed by atoms with van der Waals surface area (Å²) in [5.74, 6) is -0.296. The predicted octanol–water partition coefficient (Wildman–Crippen LogP) is 1.28. The Balaban J connectivity index is 2.80. The molecule has 0 fully saturated rings. The first kappa shape index (κ1) is 6.01. The summed E-state index contributed by atoms with van der Waals surface area (Å²) in [5, 5.41) is 6.04. The lowest BCUT2D eigenvalue weighted by molar-refractivity contribution is 0.615. The molecular weight excluding hydrogens is 119 g/mol. The number of hydrogen-bond acceptors (Lipinski definition) is 1. The van der Waals surface area contributed by atoms with Crippen molar-refractivity contribution in [1.82, 2.24) is 10.2 Å². The smallest absolute Gasteiger partial charge is 0.164 e. The van der Waals surface area contributed by atoms with Crippen molar-refractivity contribution in [2.24, 2.45) is 0 Å². The van der Waals surface area contributed by atoms with Gasteiger partial charge in [-0.2, -0.15) is 5.10 Å². The van der Waals surface area contributed by atoms with Gasteiger partial charge in [-0.3, -0.25) is 5.10 Å². The molecule has 0 radical (unpaired) electrons. The van der Waals surface area contributed by atoms with Crippen LogP contribution < -0.4 is 0 Å². The van der Waals surface area contributed by atoms with Gasteiger partial charge < -0.3 is 0 Å². The number of H-pyrrole nitrogens is 1. The van der Waals surface area contributed by atoms with Crippen molar-refractivity contribution in [1.29, 1.82) is 0 Å². The van der Waals surface area contributed by atoms with E-state index in [0.29, 0.717) is 12.1 Å². The zero-order chi connectivity index (χ0) is 6.69. The summed E-state index contributed by atoms with van der Waals surface area (Å²) in [5.41, 5.74) is 0.421. The van der Waals surface area contributed by atoms with Crippen molar-refractivity contribution in [2.45, 2.75) is 6.42 Å². The molecule has 9 heavy (non-hydrogen) atoms. The van der Waals surface area contributed by atoms with E-state index in [1.807, 2.05) is 0 Å². The minimum absolute atomic E-state index is 0.296. The highest BCUT2D eigenvalue weighted by atomic mass is 19.1. The van der Waals surface area contributed by atoms with E-state index in [9.17, 15) is 4.39 Å². The first-order valence-electron chi connectivity index (χ1n) is 2.63. The predicted molar refractivity (Wildman–Crippen MR) is 32.4 cm³/mol. The third-order valence-corrected chi connectivity index (χ3v) is 1.00. The summed E-state index contributed by atoms with van der Waals surface area (Å²) in [4.78, 5) is 0. The van der Waals surface area contributed by atoms with E-state index in [1.165, 1.54) is 6.20 Å². The van der Waals surface area contributed by atoms with E-state index < -0.39 is 0 Å². The SMILES string of the molecule is C=CCc1n[nH]cc1F. The lowest BCUT2D eigenvalue weighted by atomic mass is 10.3. The van der Waals surface area contributed by atoms with E-state index >= 15 is 0 Å². The Morgan fingerprint density at radius 3 is 3.11 bits per heavy atom. The summed E-state index contributed by atoms with van der Waals surface area (Å²) in [6.07, 6.45) is 3.31. The van der Waals surface area contributed by atoms with Crippen molar-refractivity contribution in [3.05, 3.63) is 30.4 Å². The Labute approximate surface area is 52.4 Å². The molecule has 0 amide bonds. The van der Waals surface area contributed by atoms with Crippen LogP contribution in [0.1, 0.15) is 5.69 Å². The molecule has 1 aromatic rings. The van der Waals surface area contributed by atoms with E-state index in [1.54, 1.807) is 6.08 Å². The van der Waals surface area contributed by atoms with Gasteiger partial charge in [0.1, 0.15) is 5.69 Å². The van der Waals surface area contributed by atoms with E-state index in [2.05, 4.69) is 16.8 Å². The molecule has 1 N–H and O–H groups in total. The standard InChI is InChI=1S/C6H7FN2/c1-2-3-6-5(7)4-8-9-6/h2,4H,1,3H2,(H,8,9). The van der Waals surface area contributed by atoms with E-state index in [-0.39, 0.29) is 5.82 Å². The van der Waals surface area contributed by atoms with Gasteiger partial charge in [0.2, 0.25) is 0 Å². The molecule has 0 aliphatic heterocycles. The summed E-state index contributed by atoms with van der Waals surface area (Å²) in [6.45, 7) is 3.46. The Kier molecular flexibility index (Phi) is 1.63. The second-order valence-corrected chi connectivity index (χ2v) is 1.67. The highest BCUT2D eigenvalue weighted by molar-refractivity contribution is 5.05. The van der Waals surface area contributed by atoms with Crippen molar-refractivity contribution in [3.8, 4) is 0 Å². The highest BCUT2D eigenvalue weighted by Gasteiger charge is 1.99. The monoisotopic (exact) mass is 126 g/mol. The summed E-state index contributed by atoms with van der Waals surface area (Å²) >= 11 is 0. The molecule has 0 saturated heterocycles. The molecule has 0 aliphatic rings. The fourth-order valence-electron chi connectivity index (χ4n) is 0.583. The zero-order valence-corrected chi connectivity index (χ0v) is 4.89. The summed E-state index contributed by atoms with van der Waals surface area (Å²) < 4.78 is 12.4. The molecule has 0 spiro atoms. The van der Waals surface area contributed by atoms with Crippen LogP contribution in [0.5, 0.6) is 0 Å². The largest absolute Gasteiger partial charge is 0.282 e. The van der Waals surface area contributed by atoms with Crippen LogP contribution in [-0.4, -0.2) is 10.2 Å². The van der Waals surface area contributed by atoms with Gasteiger partial charge in [0.05, 0.1) is 6.20 Å². The Hall–Kier alpha value is -1.12. The quantitative estimate of drug-likeness (QED) is 0.594. The average molecular weight is 126 g/mol. The normalized spacial score (nSPS) is 9.44. The minimum atomic E-state index is -0.296. The maximum Gasteiger partial charge on any atom is 0.164 e. The van der Waals surface area contributed by atoms with E-state index in [4.69, 9.17) is 0 Å². The number of rotatable bonds is 2. The Bertz CT molecular complexity index is 205. The molecule has 0 aromatic carbocycles. The van der Waals surface area contributed by atoms with Crippen LogP contribution in [0.3, 0.4) is 0 Å². The molecule has 3 heteroatoms. The Morgan fingerprint density at radius 2 is 2.67 bits per heavy atom. The highest BCUT2D eigenvalue weighted by Crippen LogP contribution is 2.01. The van der Waals surface area contributed by atoms with Gasteiger partial charge in [0, 0.05) is 6.42 Å². The molecule has 0 bridgehead atoms. The summed E-state index contributed by atoms with van der Waals surface area (Å²) in [7, 11) is 0. The van der Waals surface area contributed by atoms with Gasteiger partial charge in [-0.1, -0.05) is 6.08 Å². The van der Waals surface area contributed by atoms with Crippen molar-refractivity contribution in [2.75, 3.05) is 0 Å². The third kappa shape index (κ3) is 1.16. The van der Waals surface area contributed by atoms with Gasteiger partial charge in [-0.15, -0.1) is 6.58 Å². The molecule has 2 nitrogen and oxygen atoms in total.